The highest BCUT2D eigenvalue weighted by atomic mass is 14.9. The molecule has 0 saturated carbocycles. The number of hydrogen-bond acceptors (Lipinski definition) is 2. The first-order chi connectivity index (χ1) is 9.11. The van der Waals surface area contributed by atoms with E-state index in [0.717, 1.165) is 42.7 Å². The van der Waals surface area contributed by atoms with Gasteiger partial charge in [-0.2, -0.15) is 0 Å². The van der Waals surface area contributed by atoms with Gasteiger partial charge in [-0.05, 0) is 49.8 Å². The molecule has 2 aromatic rings. The molecule has 3 nitrogen and oxygen atoms in total. The summed E-state index contributed by atoms with van der Waals surface area (Å²) in [6, 6.07) is 6.28. The Morgan fingerprint density at radius 2 is 2.05 bits per heavy atom. The molecular formula is C16H25N3. The van der Waals surface area contributed by atoms with Crippen molar-refractivity contribution < 1.29 is 0 Å². The van der Waals surface area contributed by atoms with Crippen molar-refractivity contribution in [3.05, 3.63) is 29.6 Å². The monoisotopic (exact) mass is 259 g/mol. The zero-order valence-electron chi connectivity index (χ0n) is 12.2. The minimum Gasteiger partial charge on any atom is -0.342 e. The van der Waals surface area contributed by atoms with Gasteiger partial charge in [0.05, 0.1) is 11.0 Å². The first kappa shape index (κ1) is 14.1. The summed E-state index contributed by atoms with van der Waals surface area (Å²) in [5.74, 6) is 2.49. The van der Waals surface area contributed by atoms with Gasteiger partial charge in [0.2, 0.25) is 0 Å². The normalized spacial score (nSPS) is 13.3. The van der Waals surface area contributed by atoms with Crippen molar-refractivity contribution in [1.82, 2.24) is 9.97 Å². The Hall–Kier alpha value is -1.35. The standard InChI is InChI=1S/C16H25N3/c1-11(2)13(9-10-17)7-8-15-18-14-6-4-5-12(3)16(14)19-15/h4-6,11,13H,7-10,17H2,1-3H3,(H,18,19). The van der Waals surface area contributed by atoms with Crippen LogP contribution < -0.4 is 5.73 Å². The van der Waals surface area contributed by atoms with Crippen LogP contribution in [0.5, 0.6) is 0 Å². The lowest BCUT2D eigenvalue weighted by Gasteiger charge is -2.19. The predicted octanol–water partition coefficient (Wildman–Crippen LogP) is 3.42. The number of aromatic nitrogens is 2. The van der Waals surface area contributed by atoms with Crippen LogP contribution >= 0.6 is 0 Å². The number of imidazole rings is 1. The van der Waals surface area contributed by atoms with Gasteiger partial charge < -0.3 is 10.7 Å². The summed E-state index contributed by atoms with van der Waals surface area (Å²) in [6.07, 6.45) is 3.28. The van der Waals surface area contributed by atoms with E-state index in [-0.39, 0.29) is 0 Å². The van der Waals surface area contributed by atoms with Crippen LogP contribution in [0.4, 0.5) is 0 Å². The number of nitrogens with one attached hydrogen (secondary N) is 1. The van der Waals surface area contributed by atoms with Crippen molar-refractivity contribution in [3.8, 4) is 0 Å². The fourth-order valence-corrected chi connectivity index (χ4v) is 2.69. The van der Waals surface area contributed by atoms with Crippen molar-refractivity contribution in [2.75, 3.05) is 6.54 Å². The highest BCUT2D eigenvalue weighted by Gasteiger charge is 2.14. The molecule has 1 aromatic heterocycles. The quantitative estimate of drug-likeness (QED) is 0.835. The lowest BCUT2D eigenvalue weighted by Crippen LogP contribution is -2.15. The van der Waals surface area contributed by atoms with Crippen LogP contribution in [0.25, 0.3) is 11.0 Å². The third-order valence-corrected chi connectivity index (χ3v) is 4.00. The van der Waals surface area contributed by atoms with Crippen LogP contribution in [0, 0.1) is 18.8 Å². The molecule has 19 heavy (non-hydrogen) atoms. The van der Waals surface area contributed by atoms with E-state index < -0.39 is 0 Å². The third kappa shape index (κ3) is 3.35. The first-order valence-electron chi connectivity index (χ1n) is 7.26. The number of hydrogen-bond donors (Lipinski definition) is 2. The van der Waals surface area contributed by atoms with Crippen molar-refractivity contribution in [2.45, 2.75) is 40.0 Å². The Morgan fingerprint density at radius 3 is 2.68 bits per heavy atom. The van der Waals surface area contributed by atoms with Gasteiger partial charge in [0.15, 0.2) is 0 Å². The SMILES string of the molecule is Cc1cccc2[nH]c(CCC(CCN)C(C)C)nc12. The van der Waals surface area contributed by atoms with Gasteiger partial charge >= 0.3 is 0 Å². The zero-order valence-corrected chi connectivity index (χ0v) is 12.2. The minimum atomic E-state index is 0.690. The summed E-state index contributed by atoms with van der Waals surface area (Å²) in [5.41, 5.74) is 9.19. The van der Waals surface area contributed by atoms with Crippen LogP contribution in [-0.2, 0) is 6.42 Å². The van der Waals surface area contributed by atoms with E-state index in [1.54, 1.807) is 0 Å². The molecule has 3 N–H and O–H groups in total. The summed E-state index contributed by atoms with van der Waals surface area (Å²) >= 11 is 0. The third-order valence-electron chi connectivity index (χ3n) is 4.00. The fraction of sp³-hybridized carbons (Fsp3) is 0.562. The van der Waals surface area contributed by atoms with Crippen molar-refractivity contribution in [1.29, 1.82) is 0 Å². The predicted molar refractivity (Wildman–Crippen MR) is 81.2 cm³/mol. The van der Waals surface area contributed by atoms with E-state index in [1.165, 1.54) is 5.56 Å². The van der Waals surface area contributed by atoms with Crippen LogP contribution in [0.2, 0.25) is 0 Å². The fourth-order valence-electron chi connectivity index (χ4n) is 2.69. The van der Waals surface area contributed by atoms with Crippen molar-refractivity contribution >= 4 is 11.0 Å². The Labute approximate surface area is 115 Å². The maximum absolute atomic E-state index is 5.69. The van der Waals surface area contributed by atoms with Gasteiger partial charge in [-0.1, -0.05) is 26.0 Å². The summed E-state index contributed by atoms with van der Waals surface area (Å²) in [5, 5.41) is 0. The summed E-state index contributed by atoms with van der Waals surface area (Å²) in [7, 11) is 0. The number of fused-ring (bicyclic) bond motifs is 1. The Morgan fingerprint density at radius 1 is 1.26 bits per heavy atom. The lowest BCUT2D eigenvalue weighted by atomic mass is 9.88. The maximum atomic E-state index is 5.69. The Bertz CT molecular complexity index is 528. The van der Waals surface area contributed by atoms with Gasteiger partial charge in [0, 0.05) is 6.42 Å². The summed E-state index contributed by atoms with van der Waals surface area (Å²) in [4.78, 5) is 8.15. The molecule has 1 heterocycles. The Kier molecular flexibility index (Phi) is 4.59. The molecule has 0 radical (unpaired) electrons. The van der Waals surface area contributed by atoms with E-state index in [1.807, 2.05) is 0 Å². The smallest absolute Gasteiger partial charge is 0.107 e. The average molecular weight is 259 g/mol. The topological polar surface area (TPSA) is 54.7 Å². The van der Waals surface area contributed by atoms with Crippen molar-refractivity contribution in [3.63, 3.8) is 0 Å². The molecule has 1 atom stereocenters. The lowest BCUT2D eigenvalue weighted by molar-refractivity contribution is 0.339. The minimum absolute atomic E-state index is 0.690. The summed E-state index contributed by atoms with van der Waals surface area (Å²) < 4.78 is 0. The van der Waals surface area contributed by atoms with Crippen LogP contribution in [0.3, 0.4) is 0 Å². The molecule has 1 unspecified atom stereocenters. The molecule has 0 aliphatic rings. The molecule has 104 valence electrons. The van der Waals surface area contributed by atoms with E-state index in [2.05, 4.69) is 44.0 Å². The molecule has 0 aliphatic carbocycles. The highest BCUT2D eigenvalue weighted by molar-refractivity contribution is 5.78. The molecule has 1 aromatic carbocycles. The van der Waals surface area contributed by atoms with Crippen LogP contribution in [-0.4, -0.2) is 16.5 Å². The molecule has 0 bridgehead atoms. The van der Waals surface area contributed by atoms with Crippen LogP contribution in [0.15, 0.2) is 18.2 Å². The molecular weight excluding hydrogens is 234 g/mol. The molecule has 0 amide bonds. The molecule has 0 fully saturated rings. The van der Waals surface area contributed by atoms with Gasteiger partial charge in [-0.25, -0.2) is 4.98 Å². The van der Waals surface area contributed by atoms with E-state index in [4.69, 9.17) is 10.7 Å². The van der Waals surface area contributed by atoms with Gasteiger partial charge in [0.25, 0.3) is 0 Å². The Balaban J connectivity index is 2.07. The number of benzene rings is 1. The second-order valence-electron chi connectivity index (χ2n) is 5.77. The van der Waals surface area contributed by atoms with E-state index >= 15 is 0 Å². The molecule has 0 aliphatic heterocycles. The van der Waals surface area contributed by atoms with Gasteiger partial charge in [0.1, 0.15) is 5.82 Å². The van der Waals surface area contributed by atoms with Crippen LogP contribution in [0.1, 0.15) is 38.1 Å². The van der Waals surface area contributed by atoms with Gasteiger partial charge in [-0.3, -0.25) is 0 Å². The second-order valence-corrected chi connectivity index (χ2v) is 5.77. The zero-order chi connectivity index (χ0) is 13.8. The second kappa shape index (κ2) is 6.20. The van der Waals surface area contributed by atoms with E-state index in [9.17, 15) is 0 Å². The summed E-state index contributed by atoms with van der Waals surface area (Å²) in [6.45, 7) is 7.45. The largest absolute Gasteiger partial charge is 0.342 e. The van der Waals surface area contributed by atoms with Gasteiger partial charge in [-0.15, -0.1) is 0 Å². The maximum Gasteiger partial charge on any atom is 0.107 e. The van der Waals surface area contributed by atoms with E-state index in [0.29, 0.717) is 11.8 Å². The number of nitrogens with two attached hydrogens (primary N) is 1. The highest BCUT2D eigenvalue weighted by Crippen LogP contribution is 2.22. The van der Waals surface area contributed by atoms with Crippen molar-refractivity contribution in [2.24, 2.45) is 17.6 Å². The average Bonchev–Trinajstić information content (AvgIpc) is 2.78. The number of aryl methyl sites for hydroxylation is 2. The number of nitrogens with zero attached hydrogens (tertiary/aromatic N) is 1. The first-order valence-corrected chi connectivity index (χ1v) is 7.26. The number of aromatic amines is 1. The number of rotatable bonds is 6. The molecule has 3 heteroatoms. The molecule has 2 rings (SSSR count). The number of para-hydroxylation sites is 1. The molecule has 0 saturated heterocycles. The number of H-pyrrole nitrogens is 1. The molecule has 0 spiro atoms.